The van der Waals surface area contributed by atoms with Gasteiger partial charge in [0.05, 0.1) is 12.2 Å². The number of hydrogen-bond donors (Lipinski definition) is 1. The van der Waals surface area contributed by atoms with E-state index in [0.29, 0.717) is 17.3 Å². The van der Waals surface area contributed by atoms with Crippen molar-refractivity contribution in [1.82, 2.24) is 14.5 Å². The average Bonchev–Trinajstić information content (AvgIpc) is 2.86. The second-order valence-electron chi connectivity index (χ2n) is 4.41. The highest BCUT2D eigenvalue weighted by molar-refractivity contribution is 7.91. The minimum atomic E-state index is -3.39. The lowest BCUT2D eigenvalue weighted by atomic mass is 10.4. The quantitative estimate of drug-likeness (QED) is 0.916. The molecule has 0 saturated heterocycles. The Labute approximate surface area is 117 Å². The summed E-state index contributed by atoms with van der Waals surface area (Å²) in [4.78, 5) is 0.985. The normalized spacial score (nSPS) is 11.9. The number of thiophene rings is 1. The Morgan fingerprint density at radius 3 is 2.58 bits per heavy atom. The minimum absolute atomic E-state index is 0.335. The van der Waals surface area contributed by atoms with Crippen molar-refractivity contribution in [3.8, 4) is 0 Å². The molecular formula is C12H17N3O2S2. The van der Waals surface area contributed by atoms with Gasteiger partial charge in [-0.05, 0) is 39.0 Å². The summed E-state index contributed by atoms with van der Waals surface area (Å²) >= 11 is 1.28. The SMILES string of the molecule is Cc1cc(C)n(CCNS(=O)(=O)c2ccc(C)s2)n1. The Bertz CT molecular complexity index is 671. The number of aryl methyl sites for hydroxylation is 3. The van der Waals surface area contributed by atoms with Crippen LogP contribution in [0.4, 0.5) is 0 Å². The van der Waals surface area contributed by atoms with E-state index in [-0.39, 0.29) is 0 Å². The van der Waals surface area contributed by atoms with E-state index in [2.05, 4.69) is 9.82 Å². The Balaban J connectivity index is 1.97. The summed E-state index contributed by atoms with van der Waals surface area (Å²) < 4.78 is 28.7. The smallest absolute Gasteiger partial charge is 0.250 e. The molecule has 0 amide bonds. The van der Waals surface area contributed by atoms with Crippen LogP contribution in [-0.2, 0) is 16.6 Å². The van der Waals surface area contributed by atoms with Gasteiger partial charge in [0.2, 0.25) is 10.0 Å². The largest absolute Gasteiger partial charge is 0.268 e. The van der Waals surface area contributed by atoms with Gasteiger partial charge in [-0.25, -0.2) is 13.1 Å². The number of hydrogen-bond acceptors (Lipinski definition) is 4. The van der Waals surface area contributed by atoms with E-state index >= 15 is 0 Å². The zero-order valence-electron chi connectivity index (χ0n) is 11.2. The molecule has 5 nitrogen and oxygen atoms in total. The van der Waals surface area contributed by atoms with Crippen molar-refractivity contribution < 1.29 is 8.42 Å². The molecule has 0 aliphatic rings. The average molecular weight is 299 g/mol. The first-order valence-corrected chi connectivity index (χ1v) is 8.25. The van der Waals surface area contributed by atoms with Crippen LogP contribution in [0.3, 0.4) is 0 Å². The van der Waals surface area contributed by atoms with E-state index in [1.807, 2.05) is 26.8 Å². The van der Waals surface area contributed by atoms with Crippen molar-refractivity contribution in [2.75, 3.05) is 6.54 Å². The summed E-state index contributed by atoms with van der Waals surface area (Å²) in [5.41, 5.74) is 1.97. The first-order chi connectivity index (χ1) is 8.88. The third-order valence-corrected chi connectivity index (χ3v) is 5.65. The van der Waals surface area contributed by atoms with Crippen LogP contribution in [0.5, 0.6) is 0 Å². The maximum Gasteiger partial charge on any atom is 0.250 e. The van der Waals surface area contributed by atoms with Gasteiger partial charge in [-0.15, -0.1) is 11.3 Å². The molecule has 2 aromatic heterocycles. The molecule has 0 aromatic carbocycles. The van der Waals surface area contributed by atoms with Gasteiger partial charge in [0.1, 0.15) is 4.21 Å². The number of nitrogens with zero attached hydrogens (tertiary/aromatic N) is 2. The van der Waals surface area contributed by atoms with Crippen LogP contribution in [-0.4, -0.2) is 24.7 Å². The minimum Gasteiger partial charge on any atom is -0.268 e. The van der Waals surface area contributed by atoms with Crippen LogP contribution >= 0.6 is 11.3 Å². The van der Waals surface area contributed by atoms with Crippen molar-refractivity contribution in [1.29, 1.82) is 0 Å². The molecule has 0 saturated carbocycles. The second kappa shape index (κ2) is 5.44. The molecule has 0 aliphatic heterocycles. The molecule has 2 heterocycles. The standard InChI is InChI=1S/C12H17N3O2S2/c1-9-8-10(2)15(14-9)7-6-13-19(16,17)12-5-4-11(3)18-12/h4-5,8,13H,6-7H2,1-3H3. The molecule has 0 aliphatic carbocycles. The molecule has 19 heavy (non-hydrogen) atoms. The van der Waals surface area contributed by atoms with Gasteiger partial charge in [-0.1, -0.05) is 0 Å². The highest BCUT2D eigenvalue weighted by Crippen LogP contribution is 2.20. The monoisotopic (exact) mass is 299 g/mol. The lowest BCUT2D eigenvalue weighted by molar-refractivity contribution is 0.555. The summed E-state index contributed by atoms with van der Waals surface area (Å²) in [5, 5.41) is 4.29. The third kappa shape index (κ3) is 3.43. The molecule has 0 bridgehead atoms. The Hall–Kier alpha value is -1.18. The fraction of sp³-hybridized carbons (Fsp3) is 0.417. The first-order valence-electron chi connectivity index (χ1n) is 5.95. The van der Waals surface area contributed by atoms with Gasteiger partial charge in [0, 0.05) is 17.1 Å². The maximum absolute atomic E-state index is 12.0. The van der Waals surface area contributed by atoms with E-state index < -0.39 is 10.0 Å². The van der Waals surface area contributed by atoms with E-state index in [1.54, 1.807) is 16.8 Å². The van der Waals surface area contributed by atoms with Crippen LogP contribution < -0.4 is 4.72 Å². The molecule has 2 aromatic rings. The third-order valence-electron chi connectivity index (χ3n) is 2.70. The molecule has 1 N–H and O–H groups in total. The van der Waals surface area contributed by atoms with Gasteiger partial charge in [-0.2, -0.15) is 5.10 Å². The van der Waals surface area contributed by atoms with Gasteiger partial charge in [-0.3, -0.25) is 4.68 Å². The van der Waals surface area contributed by atoms with E-state index in [4.69, 9.17) is 0 Å². The highest BCUT2D eigenvalue weighted by Gasteiger charge is 2.15. The predicted octanol–water partition coefficient (Wildman–Crippen LogP) is 1.85. The fourth-order valence-corrected chi connectivity index (χ4v) is 4.16. The van der Waals surface area contributed by atoms with Crippen LogP contribution in [0.15, 0.2) is 22.4 Å². The lowest BCUT2D eigenvalue weighted by Crippen LogP contribution is -2.27. The Morgan fingerprint density at radius 2 is 2.05 bits per heavy atom. The van der Waals surface area contributed by atoms with Crippen molar-refractivity contribution in [2.24, 2.45) is 0 Å². The van der Waals surface area contributed by atoms with Crippen molar-refractivity contribution in [3.05, 3.63) is 34.5 Å². The summed E-state index contributed by atoms with van der Waals surface area (Å²) in [7, 11) is -3.39. The van der Waals surface area contributed by atoms with E-state index in [9.17, 15) is 8.42 Å². The van der Waals surface area contributed by atoms with Gasteiger partial charge in [0.15, 0.2) is 0 Å². The van der Waals surface area contributed by atoms with Crippen LogP contribution in [0.25, 0.3) is 0 Å². The van der Waals surface area contributed by atoms with E-state index in [0.717, 1.165) is 16.3 Å². The Kier molecular flexibility index (Phi) is 4.07. The molecule has 0 radical (unpaired) electrons. The molecule has 0 atom stereocenters. The molecule has 0 spiro atoms. The topological polar surface area (TPSA) is 64.0 Å². The fourth-order valence-electron chi connectivity index (χ4n) is 1.81. The molecular weight excluding hydrogens is 282 g/mol. The van der Waals surface area contributed by atoms with Gasteiger partial charge in [0.25, 0.3) is 0 Å². The second-order valence-corrected chi connectivity index (χ2v) is 7.69. The van der Waals surface area contributed by atoms with Crippen molar-refractivity contribution in [3.63, 3.8) is 0 Å². The predicted molar refractivity (Wildman–Crippen MR) is 75.9 cm³/mol. The lowest BCUT2D eigenvalue weighted by Gasteiger charge is -2.06. The summed E-state index contributed by atoms with van der Waals surface area (Å²) in [6.07, 6.45) is 0. The molecule has 0 fully saturated rings. The van der Waals surface area contributed by atoms with Gasteiger partial charge < -0.3 is 0 Å². The zero-order chi connectivity index (χ0) is 14.0. The van der Waals surface area contributed by atoms with Crippen molar-refractivity contribution in [2.45, 2.75) is 31.5 Å². The van der Waals surface area contributed by atoms with Gasteiger partial charge >= 0.3 is 0 Å². The highest BCUT2D eigenvalue weighted by atomic mass is 32.2. The molecule has 2 rings (SSSR count). The van der Waals surface area contributed by atoms with E-state index in [1.165, 1.54) is 11.3 Å². The van der Waals surface area contributed by atoms with Crippen LogP contribution in [0.2, 0.25) is 0 Å². The number of sulfonamides is 1. The summed E-state index contributed by atoms with van der Waals surface area (Å²) in [6, 6.07) is 5.41. The number of nitrogens with one attached hydrogen (secondary N) is 1. The summed E-state index contributed by atoms with van der Waals surface area (Å²) in [6.45, 7) is 6.63. The van der Waals surface area contributed by atoms with Crippen LogP contribution in [0, 0.1) is 20.8 Å². The first kappa shape index (κ1) is 14.2. The molecule has 0 unspecified atom stereocenters. The zero-order valence-corrected chi connectivity index (χ0v) is 12.8. The number of aromatic nitrogens is 2. The van der Waals surface area contributed by atoms with Crippen LogP contribution in [0.1, 0.15) is 16.3 Å². The number of rotatable bonds is 5. The molecule has 104 valence electrons. The maximum atomic E-state index is 12.0. The summed E-state index contributed by atoms with van der Waals surface area (Å²) in [5.74, 6) is 0. The Morgan fingerprint density at radius 1 is 1.32 bits per heavy atom. The molecule has 7 heteroatoms. The van der Waals surface area contributed by atoms with Crippen molar-refractivity contribution >= 4 is 21.4 Å².